The van der Waals surface area contributed by atoms with Crippen molar-refractivity contribution in [3.8, 4) is 11.3 Å². The van der Waals surface area contributed by atoms with Crippen molar-refractivity contribution in [1.82, 2.24) is 14.6 Å². The quantitative estimate of drug-likeness (QED) is 0.705. The Morgan fingerprint density at radius 2 is 1.93 bits per heavy atom. The molecule has 0 atom stereocenters. The molecule has 9 heteroatoms. The molecule has 1 saturated heterocycles. The Morgan fingerprint density at radius 1 is 1.21 bits per heavy atom. The van der Waals surface area contributed by atoms with Gasteiger partial charge in [0.1, 0.15) is 5.76 Å². The van der Waals surface area contributed by atoms with E-state index in [-0.39, 0.29) is 23.1 Å². The van der Waals surface area contributed by atoms with Gasteiger partial charge < -0.3 is 14.3 Å². The van der Waals surface area contributed by atoms with Crippen LogP contribution in [0.15, 0.2) is 32.5 Å². The SMILES string of the molecule is CCc1cc(-c2ccc(S(=O)(=O)NCCN3CCCCC3)o2)c(C)[nH]c1=O.Cl. The molecule has 3 rings (SSSR count). The van der Waals surface area contributed by atoms with Gasteiger partial charge in [0.2, 0.25) is 5.09 Å². The molecular formula is C19H28ClN3O4S. The monoisotopic (exact) mass is 429 g/mol. The van der Waals surface area contributed by atoms with E-state index in [1.807, 2.05) is 6.92 Å². The Kier molecular flexibility index (Phi) is 7.88. The first-order valence-electron chi connectivity index (χ1n) is 9.45. The summed E-state index contributed by atoms with van der Waals surface area (Å²) in [4.78, 5) is 16.9. The smallest absolute Gasteiger partial charge is 0.274 e. The van der Waals surface area contributed by atoms with E-state index in [9.17, 15) is 13.2 Å². The number of hydrogen-bond donors (Lipinski definition) is 2. The lowest BCUT2D eigenvalue weighted by molar-refractivity contribution is 0.232. The number of H-pyrrole nitrogens is 1. The molecule has 3 heterocycles. The van der Waals surface area contributed by atoms with Crippen molar-refractivity contribution < 1.29 is 12.8 Å². The zero-order valence-corrected chi connectivity index (χ0v) is 17.9. The van der Waals surface area contributed by atoms with E-state index in [2.05, 4.69) is 14.6 Å². The number of aromatic amines is 1. The third kappa shape index (κ3) is 5.26. The van der Waals surface area contributed by atoms with Crippen LogP contribution in [0.25, 0.3) is 11.3 Å². The van der Waals surface area contributed by atoms with Crippen LogP contribution >= 0.6 is 12.4 Å². The van der Waals surface area contributed by atoms with E-state index in [1.54, 1.807) is 19.1 Å². The maximum atomic E-state index is 12.5. The van der Waals surface area contributed by atoms with E-state index in [0.29, 0.717) is 42.1 Å². The predicted octanol–water partition coefficient (Wildman–Crippen LogP) is 2.69. The molecule has 2 N–H and O–H groups in total. The second-order valence-corrected chi connectivity index (χ2v) is 8.63. The second kappa shape index (κ2) is 9.73. The largest absolute Gasteiger partial charge is 0.443 e. The summed E-state index contributed by atoms with van der Waals surface area (Å²) in [5.41, 5.74) is 1.85. The van der Waals surface area contributed by atoms with Crippen LogP contribution in [0.4, 0.5) is 0 Å². The first kappa shape index (κ1) is 22.7. The zero-order chi connectivity index (χ0) is 19.4. The predicted molar refractivity (Wildman–Crippen MR) is 112 cm³/mol. The molecule has 1 aliphatic heterocycles. The standard InChI is InChI=1S/C19H27N3O4S.ClH/c1-3-15-13-16(14(2)21-19(15)23)17-7-8-18(26-17)27(24,25)20-9-12-22-10-5-4-6-11-22;/h7-8,13,20H,3-6,9-12H2,1-2H3,(H,21,23);1H. The normalized spacial score (nSPS) is 15.4. The first-order valence-corrected chi connectivity index (χ1v) is 10.9. The number of hydrogen-bond acceptors (Lipinski definition) is 5. The molecule has 0 radical (unpaired) electrons. The number of nitrogens with one attached hydrogen (secondary N) is 2. The Balaban J connectivity index is 0.00000280. The Labute approximate surface area is 172 Å². The maximum absolute atomic E-state index is 12.5. The lowest BCUT2D eigenvalue weighted by atomic mass is 10.1. The molecule has 0 amide bonds. The summed E-state index contributed by atoms with van der Waals surface area (Å²) >= 11 is 0. The van der Waals surface area contributed by atoms with Crippen LogP contribution in [0, 0.1) is 6.92 Å². The highest BCUT2D eigenvalue weighted by atomic mass is 35.5. The highest BCUT2D eigenvalue weighted by Gasteiger charge is 2.20. The molecule has 0 aromatic carbocycles. The van der Waals surface area contributed by atoms with Crippen molar-refractivity contribution in [2.45, 2.75) is 44.6 Å². The highest BCUT2D eigenvalue weighted by Crippen LogP contribution is 2.26. The maximum Gasteiger partial charge on any atom is 0.274 e. The van der Waals surface area contributed by atoms with Gasteiger partial charge in [-0.2, -0.15) is 0 Å². The molecule has 28 heavy (non-hydrogen) atoms. The number of furan rings is 1. The van der Waals surface area contributed by atoms with Gasteiger partial charge in [0.25, 0.3) is 15.6 Å². The van der Waals surface area contributed by atoms with Gasteiger partial charge in [0, 0.05) is 29.9 Å². The molecule has 0 aliphatic carbocycles. The number of nitrogens with zero attached hydrogens (tertiary/aromatic N) is 1. The van der Waals surface area contributed by atoms with Crippen LogP contribution in [-0.2, 0) is 16.4 Å². The molecule has 1 fully saturated rings. The van der Waals surface area contributed by atoms with Gasteiger partial charge in [-0.15, -0.1) is 12.4 Å². The fraction of sp³-hybridized carbons (Fsp3) is 0.526. The van der Waals surface area contributed by atoms with Gasteiger partial charge in [-0.05, 0) is 57.5 Å². The fourth-order valence-corrected chi connectivity index (χ4v) is 4.34. The number of aryl methyl sites for hydroxylation is 2. The number of halogens is 1. The summed E-state index contributed by atoms with van der Waals surface area (Å²) in [6, 6.07) is 4.83. The zero-order valence-electron chi connectivity index (χ0n) is 16.3. The second-order valence-electron chi connectivity index (χ2n) is 6.93. The van der Waals surface area contributed by atoms with Crippen molar-refractivity contribution in [3.05, 3.63) is 39.8 Å². The topological polar surface area (TPSA) is 95.4 Å². The Morgan fingerprint density at radius 3 is 2.61 bits per heavy atom. The summed E-state index contributed by atoms with van der Waals surface area (Å²) < 4.78 is 33.2. The fourth-order valence-electron chi connectivity index (χ4n) is 3.39. The van der Waals surface area contributed by atoms with Gasteiger partial charge in [-0.25, -0.2) is 13.1 Å². The third-order valence-electron chi connectivity index (χ3n) is 4.98. The number of pyridine rings is 1. The first-order chi connectivity index (χ1) is 12.9. The number of rotatable bonds is 7. The molecule has 2 aromatic rings. The average Bonchev–Trinajstić information content (AvgIpc) is 3.13. The van der Waals surface area contributed by atoms with Crippen molar-refractivity contribution in [2.75, 3.05) is 26.2 Å². The number of aromatic nitrogens is 1. The lowest BCUT2D eigenvalue weighted by Gasteiger charge is -2.26. The van der Waals surface area contributed by atoms with Crippen molar-refractivity contribution in [3.63, 3.8) is 0 Å². The van der Waals surface area contributed by atoms with Crippen LogP contribution in [0.5, 0.6) is 0 Å². The van der Waals surface area contributed by atoms with Crippen molar-refractivity contribution in [1.29, 1.82) is 0 Å². The van der Waals surface area contributed by atoms with E-state index < -0.39 is 10.0 Å². The van der Waals surface area contributed by atoms with Gasteiger partial charge in [0.05, 0.1) is 0 Å². The molecule has 0 bridgehead atoms. The summed E-state index contributed by atoms with van der Waals surface area (Å²) in [5.74, 6) is 0.426. The third-order valence-corrected chi connectivity index (χ3v) is 6.31. The number of piperidine rings is 1. The minimum Gasteiger partial charge on any atom is -0.443 e. The van der Waals surface area contributed by atoms with Crippen LogP contribution < -0.4 is 10.3 Å². The van der Waals surface area contributed by atoms with Crippen LogP contribution in [0.3, 0.4) is 0 Å². The summed E-state index contributed by atoms with van der Waals surface area (Å²) in [6.45, 7) is 6.77. The van der Waals surface area contributed by atoms with E-state index >= 15 is 0 Å². The van der Waals surface area contributed by atoms with Gasteiger partial charge >= 0.3 is 0 Å². The Hall–Kier alpha value is -1.61. The number of likely N-dealkylation sites (tertiary alicyclic amines) is 1. The molecule has 1 aliphatic rings. The summed E-state index contributed by atoms with van der Waals surface area (Å²) in [5, 5.41) is -0.111. The van der Waals surface area contributed by atoms with Gasteiger partial charge in [-0.1, -0.05) is 13.3 Å². The molecular weight excluding hydrogens is 402 g/mol. The van der Waals surface area contributed by atoms with E-state index in [1.165, 1.54) is 25.3 Å². The highest BCUT2D eigenvalue weighted by molar-refractivity contribution is 7.89. The van der Waals surface area contributed by atoms with Crippen molar-refractivity contribution >= 4 is 22.4 Å². The summed E-state index contributed by atoms with van der Waals surface area (Å²) in [6.07, 6.45) is 4.19. The van der Waals surface area contributed by atoms with E-state index in [4.69, 9.17) is 4.42 Å². The van der Waals surface area contributed by atoms with Crippen LogP contribution in [0.1, 0.15) is 37.4 Å². The minimum atomic E-state index is -3.70. The minimum absolute atomic E-state index is 0. The molecule has 0 unspecified atom stereocenters. The molecule has 156 valence electrons. The summed E-state index contributed by atoms with van der Waals surface area (Å²) in [7, 11) is -3.70. The van der Waals surface area contributed by atoms with Crippen LogP contribution in [-0.4, -0.2) is 44.5 Å². The van der Waals surface area contributed by atoms with Crippen LogP contribution in [0.2, 0.25) is 0 Å². The average molecular weight is 430 g/mol. The molecule has 7 nitrogen and oxygen atoms in total. The van der Waals surface area contributed by atoms with Crippen molar-refractivity contribution in [2.24, 2.45) is 0 Å². The van der Waals surface area contributed by atoms with Gasteiger partial charge in [-0.3, -0.25) is 4.79 Å². The Bertz CT molecular complexity index is 946. The molecule has 0 saturated carbocycles. The van der Waals surface area contributed by atoms with Gasteiger partial charge in [0.15, 0.2) is 0 Å². The lowest BCUT2D eigenvalue weighted by Crippen LogP contribution is -2.37. The molecule has 0 spiro atoms. The molecule has 2 aromatic heterocycles. The van der Waals surface area contributed by atoms with E-state index in [0.717, 1.165) is 13.1 Å². The number of sulfonamides is 1.